The first-order chi connectivity index (χ1) is 15.0. The molecular formula is C26H33NO5. The minimum Gasteiger partial charge on any atom is -0.458 e. The van der Waals surface area contributed by atoms with Crippen LogP contribution in [0.25, 0.3) is 0 Å². The summed E-state index contributed by atoms with van der Waals surface area (Å²) in [4.78, 5) is 37.7. The molecule has 0 aromatic heterocycles. The van der Waals surface area contributed by atoms with Gasteiger partial charge in [0.05, 0.1) is 18.1 Å². The lowest BCUT2D eigenvalue weighted by molar-refractivity contribution is -0.205. The lowest BCUT2D eigenvalue weighted by Crippen LogP contribution is -2.67. The molecule has 5 unspecified atom stereocenters. The van der Waals surface area contributed by atoms with Crippen molar-refractivity contribution in [3.05, 3.63) is 12.2 Å². The summed E-state index contributed by atoms with van der Waals surface area (Å²) < 4.78 is 5.96. The third kappa shape index (κ3) is 2.26. The fourth-order valence-corrected chi connectivity index (χ4v) is 9.40. The van der Waals surface area contributed by atoms with Crippen molar-refractivity contribution in [2.75, 3.05) is 0 Å². The highest BCUT2D eigenvalue weighted by Gasteiger charge is 2.74. The zero-order valence-electron chi connectivity index (χ0n) is 19.3. The monoisotopic (exact) mass is 439 g/mol. The number of rotatable bonds is 1. The van der Waals surface area contributed by atoms with E-state index in [1.807, 2.05) is 6.92 Å². The van der Waals surface area contributed by atoms with Gasteiger partial charge in [0.15, 0.2) is 0 Å². The first kappa shape index (κ1) is 21.8. The average Bonchev–Trinajstić information content (AvgIpc) is 3.22. The van der Waals surface area contributed by atoms with Crippen LogP contribution in [0.2, 0.25) is 0 Å². The number of hydrogen-bond donors (Lipinski definition) is 1. The number of allylic oxidation sites excluding steroid dienone is 1. The zero-order chi connectivity index (χ0) is 23.3. The van der Waals surface area contributed by atoms with E-state index in [1.54, 1.807) is 0 Å². The zero-order valence-corrected chi connectivity index (χ0v) is 19.3. The first-order valence-electron chi connectivity index (χ1n) is 12.0. The van der Waals surface area contributed by atoms with Gasteiger partial charge in [0.2, 0.25) is 0 Å². The quantitative estimate of drug-likeness (QED) is 0.381. The Labute approximate surface area is 189 Å². The molecule has 1 N–H and O–H groups in total. The SMILES string of the molecule is C=C1CC2C3CC[C@@]4(CCC(=O)O4)[C@@]3(C)C[C@@H](O)C2[C@@]2(C)CCC(=O)C(C(C)=O)C12C#N. The van der Waals surface area contributed by atoms with Gasteiger partial charge in [-0.15, -0.1) is 0 Å². The standard InChI is InChI=1S/C26H33NO5/c1-14-11-16-17-5-9-25(10-7-20(31)32-25)24(17,4)12-19(30)22(16)23(3)8-6-18(29)21(15(2)28)26(14,23)13-27/h16-17,19,21-22,30H,1,5-12H2,2-4H3/t16?,17?,19-,21?,22?,23-,24+,25-,26?/m1/s1. The summed E-state index contributed by atoms with van der Waals surface area (Å²) in [7, 11) is 0. The van der Waals surface area contributed by atoms with Crippen molar-refractivity contribution in [3.63, 3.8) is 0 Å². The molecule has 4 aliphatic carbocycles. The molecule has 4 saturated carbocycles. The van der Waals surface area contributed by atoms with Crippen molar-refractivity contribution in [3.8, 4) is 6.07 Å². The van der Waals surface area contributed by atoms with E-state index in [4.69, 9.17) is 4.74 Å². The van der Waals surface area contributed by atoms with Crippen molar-refractivity contribution < 1.29 is 24.2 Å². The molecule has 1 aliphatic heterocycles. The molecule has 1 spiro atoms. The number of fused-ring (bicyclic) bond motifs is 6. The topological polar surface area (TPSA) is 104 Å². The van der Waals surface area contributed by atoms with Crippen LogP contribution in [0.5, 0.6) is 0 Å². The van der Waals surface area contributed by atoms with Gasteiger partial charge >= 0.3 is 5.97 Å². The van der Waals surface area contributed by atoms with E-state index in [0.29, 0.717) is 37.7 Å². The molecule has 0 aromatic rings. The largest absolute Gasteiger partial charge is 0.458 e. The summed E-state index contributed by atoms with van der Waals surface area (Å²) >= 11 is 0. The highest BCUT2D eigenvalue weighted by molar-refractivity contribution is 6.04. The number of ether oxygens (including phenoxy) is 1. The van der Waals surface area contributed by atoms with E-state index in [0.717, 1.165) is 12.8 Å². The lowest BCUT2D eigenvalue weighted by atomic mass is 9.36. The maximum Gasteiger partial charge on any atom is 0.306 e. The maximum absolute atomic E-state index is 12.9. The van der Waals surface area contributed by atoms with Crippen molar-refractivity contribution in [2.45, 2.75) is 83.8 Å². The number of esters is 1. The Morgan fingerprint density at radius 1 is 1.19 bits per heavy atom. The molecule has 32 heavy (non-hydrogen) atoms. The van der Waals surface area contributed by atoms with Gasteiger partial charge < -0.3 is 9.84 Å². The first-order valence-corrected chi connectivity index (χ1v) is 12.0. The number of Topliss-reactive ketones (excluding diaryl/α,β-unsaturated/α-hetero) is 2. The average molecular weight is 440 g/mol. The molecule has 5 rings (SSSR count). The summed E-state index contributed by atoms with van der Waals surface area (Å²) in [6.45, 7) is 9.89. The molecule has 0 radical (unpaired) electrons. The van der Waals surface area contributed by atoms with Crippen LogP contribution in [0.1, 0.15) is 72.1 Å². The van der Waals surface area contributed by atoms with Gasteiger partial charge in [-0.3, -0.25) is 14.4 Å². The number of aliphatic hydroxyl groups excluding tert-OH is 1. The van der Waals surface area contributed by atoms with Crippen LogP contribution in [0.4, 0.5) is 0 Å². The Balaban J connectivity index is 1.62. The Morgan fingerprint density at radius 2 is 1.91 bits per heavy atom. The summed E-state index contributed by atoms with van der Waals surface area (Å²) in [6.07, 6.45) is 3.90. The van der Waals surface area contributed by atoms with Gasteiger partial charge in [-0.2, -0.15) is 5.26 Å². The van der Waals surface area contributed by atoms with Gasteiger partial charge in [-0.25, -0.2) is 0 Å². The molecule has 0 aromatic carbocycles. The minimum absolute atomic E-state index is 0.0854. The number of carbonyl (C=O) groups excluding carboxylic acids is 3. The number of nitriles is 1. The summed E-state index contributed by atoms with van der Waals surface area (Å²) in [5.74, 6) is -1.50. The number of nitrogens with zero attached hydrogens (tertiary/aromatic N) is 1. The predicted molar refractivity (Wildman–Crippen MR) is 115 cm³/mol. The van der Waals surface area contributed by atoms with Crippen LogP contribution < -0.4 is 0 Å². The van der Waals surface area contributed by atoms with Crippen molar-refractivity contribution in [1.29, 1.82) is 5.26 Å². The molecule has 6 heteroatoms. The molecule has 9 atom stereocenters. The summed E-state index contributed by atoms with van der Waals surface area (Å²) in [5.41, 5.74) is -2.17. The smallest absolute Gasteiger partial charge is 0.306 e. The summed E-state index contributed by atoms with van der Waals surface area (Å²) in [5, 5.41) is 22.2. The molecule has 172 valence electrons. The van der Waals surface area contributed by atoms with E-state index >= 15 is 0 Å². The molecular weight excluding hydrogens is 406 g/mol. The number of hydrogen-bond acceptors (Lipinski definition) is 6. The second kappa shape index (κ2) is 6.53. The van der Waals surface area contributed by atoms with Gasteiger partial charge in [-0.1, -0.05) is 26.0 Å². The van der Waals surface area contributed by atoms with E-state index in [9.17, 15) is 24.8 Å². The number of carbonyl (C=O) groups is 3. The highest BCUT2D eigenvalue weighted by atomic mass is 16.6. The number of aliphatic hydroxyl groups is 1. The van der Waals surface area contributed by atoms with Crippen LogP contribution in [0.15, 0.2) is 12.2 Å². The molecule has 0 amide bonds. The van der Waals surface area contributed by atoms with Crippen LogP contribution >= 0.6 is 0 Å². The second-order valence-electron chi connectivity index (χ2n) is 11.6. The third-order valence-corrected chi connectivity index (χ3v) is 10.7. The molecule has 5 fully saturated rings. The minimum atomic E-state index is -1.28. The fourth-order valence-electron chi connectivity index (χ4n) is 9.40. The number of ketones is 2. The normalized spacial score (nSPS) is 52.1. The van der Waals surface area contributed by atoms with Gasteiger partial charge in [0, 0.05) is 18.3 Å². The van der Waals surface area contributed by atoms with Gasteiger partial charge in [0.25, 0.3) is 0 Å². The van der Waals surface area contributed by atoms with E-state index in [2.05, 4.69) is 19.6 Å². The molecule has 1 heterocycles. The predicted octanol–water partition coefficient (Wildman–Crippen LogP) is 3.52. The Morgan fingerprint density at radius 3 is 2.50 bits per heavy atom. The Kier molecular flexibility index (Phi) is 4.45. The fraction of sp³-hybridized carbons (Fsp3) is 0.769. The summed E-state index contributed by atoms with van der Waals surface area (Å²) in [6, 6.07) is 2.43. The molecule has 1 saturated heterocycles. The van der Waals surface area contributed by atoms with Gasteiger partial charge in [-0.05, 0) is 68.6 Å². The van der Waals surface area contributed by atoms with Crippen LogP contribution in [-0.4, -0.2) is 34.3 Å². The van der Waals surface area contributed by atoms with Crippen molar-refractivity contribution >= 4 is 17.5 Å². The van der Waals surface area contributed by atoms with Crippen LogP contribution in [0, 0.1) is 51.2 Å². The molecule has 0 bridgehead atoms. The Hall–Kier alpha value is -2.00. The third-order valence-electron chi connectivity index (χ3n) is 10.7. The van der Waals surface area contributed by atoms with E-state index < -0.39 is 28.5 Å². The van der Waals surface area contributed by atoms with E-state index in [1.165, 1.54) is 6.92 Å². The van der Waals surface area contributed by atoms with Crippen molar-refractivity contribution in [1.82, 2.24) is 0 Å². The van der Waals surface area contributed by atoms with E-state index in [-0.39, 0.29) is 47.1 Å². The van der Waals surface area contributed by atoms with Crippen LogP contribution in [-0.2, 0) is 19.1 Å². The molecule has 5 aliphatic rings. The lowest BCUT2D eigenvalue weighted by Gasteiger charge is -2.66. The molecule has 6 nitrogen and oxygen atoms in total. The van der Waals surface area contributed by atoms with Crippen LogP contribution in [0.3, 0.4) is 0 Å². The maximum atomic E-state index is 12.9. The van der Waals surface area contributed by atoms with Crippen molar-refractivity contribution in [2.24, 2.45) is 39.9 Å². The highest BCUT2D eigenvalue weighted by Crippen LogP contribution is 2.74. The second-order valence-corrected chi connectivity index (χ2v) is 11.6. The Bertz CT molecular complexity index is 981. The van der Waals surface area contributed by atoms with Gasteiger partial charge in [0.1, 0.15) is 22.6 Å².